The van der Waals surface area contributed by atoms with Gasteiger partial charge in [0.1, 0.15) is 18.2 Å². The maximum atomic E-state index is 10.8. The highest BCUT2D eigenvalue weighted by molar-refractivity contribution is 5.83. The van der Waals surface area contributed by atoms with E-state index in [1.807, 2.05) is 0 Å². The van der Waals surface area contributed by atoms with Gasteiger partial charge in [0.05, 0.1) is 6.10 Å². The smallest absolute Gasteiger partial charge is 0.149 e. The van der Waals surface area contributed by atoms with Crippen LogP contribution in [-0.2, 0) is 14.3 Å². The molecule has 0 bridgehead atoms. The summed E-state index contributed by atoms with van der Waals surface area (Å²) in [5.41, 5.74) is 0. The summed E-state index contributed by atoms with van der Waals surface area (Å²) in [6.07, 6.45) is 0.818. The average molecular weight is 142 g/mol. The van der Waals surface area contributed by atoms with Crippen LogP contribution < -0.4 is 0 Å². The lowest BCUT2D eigenvalue weighted by atomic mass is 10.0. The van der Waals surface area contributed by atoms with E-state index in [0.29, 0.717) is 12.7 Å². The predicted octanol–water partition coefficient (Wildman–Crippen LogP) is 0.322. The molecule has 3 nitrogen and oxygen atoms in total. The fourth-order valence-electron chi connectivity index (χ4n) is 1.10. The topological polar surface area (TPSA) is 43.4 Å². The summed E-state index contributed by atoms with van der Waals surface area (Å²) in [5, 5.41) is 0. The minimum atomic E-state index is -0.490. The number of hydrogen-bond donors (Lipinski definition) is 0. The molecule has 1 heterocycles. The van der Waals surface area contributed by atoms with Crippen molar-refractivity contribution in [3.63, 3.8) is 0 Å². The number of rotatable bonds is 1. The Morgan fingerprint density at radius 1 is 1.60 bits per heavy atom. The second kappa shape index (κ2) is 2.92. The van der Waals surface area contributed by atoms with Crippen LogP contribution in [0.5, 0.6) is 0 Å². The van der Waals surface area contributed by atoms with Crippen LogP contribution in [0.25, 0.3) is 0 Å². The lowest BCUT2D eigenvalue weighted by Gasteiger charge is -2.22. The molecule has 0 spiro atoms. The van der Waals surface area contributed by atoms with Crippen molar-refractivity contribution >= 4 is 12.1 Å². The number of ketones is 1. The SMILES string of the molecule is CC1CC(=O)CC(C=O)O1. The first-order valence-corrected chi connectivity index (χ1v) is 3.35. The van der Waals surface area contributed by atoms with Gasteiger partial charge in [-0.05, 0) is 6.92 Å². The first kappa shape index (κ1) is 7.41. The highest BCUT2D eigenvalue weighted by atomic mass is 16.5. The molecule has 0 saturated carbocycles. The summed E-state index contributed by atoms with van der Waals surface area (Å²) in [7, 11) is 0. The van der Waals surface area contributed by atoms with E-state index in [9.17, 15) is 9.59 Å². The molecule has 1 fully saturated rings. The van der Waals surface area contributed by atoms with Crippen molar-refractivity contribution in [1.29, 1.82) is 0 Å². The number of carbonyl (C=O) groups excluding carboxylic acids is 2. The van der Waals surface area contributed by atoms with Crippen molar-refractivity contribution in [3.05, 3.63) is 0 Å². The molecule has 0 radical (unpaired) electrons. The molecule has 0 N–H and O–H groups in total. The minimum Gasteiger partial charge on any atom is -0.367 e. The molecule has 1 rings (SSSR count). The Bertz CT molecular complexity index is 153. The van der Waals surface area contributed by atoms with Crippen LogP contribution in [0.4, 0.5) is 0 Å². The van der Waals surface area contributed by atoms with Gasteiger partial charge in [-0.2, -0.15) is 0 Å². The molecular weight excluding hydrogens is 132 g/mol. The number of hydrogen-bond acceptors (Lipinski definition) is 3. The van der Waals surface area contributed by atoms with E-state index in [0.717, 1.165) is 0 Å². The van der Waals surface area contributed by atoms with Gasteiger partial charge in [-0.1, -0.05) is 0 Å². The van der Waals surface area contributed by atoms with Crippen LogP contribution in [0, 0.1) is 0 Å². The third-order valence-electron chi connectivity index (χ3n) is 1.50. The zero-order valence-corrected chi connectivity index (χ0v) is 5.87. The van der Waals surface area contributed by atoms with Crippen molar-refractivity contribution in [3.8, 4) is 0 Å². The van der Waals surface area contributed by atoms with E-state index < -0.39 is 6.10 Å². The Morgan fingerprint density at radius 2 is 2.30 bits per heavy atom. The van der Waals surface area contributed by atoms with Gasteiger partial charge < -0.3 is 9.53 Å². The fraction of sp³-hybridized carbons (Fsp3) is 0.714. The molecule has 1 saturated heterocycles. The van der Waals surface area contributed by atoms with Crippen molar-refractivity contribution in [2.45, 2.75) is 32.0 Å². The maximum absolute atomic E-state index is 10.8. The Kier molecular flexibility index (Phi) is 2.17. The Labute approximate surface area is 59.4 Å². The van der Waals surface area contributed by atoms with Gasteiger partial charge in [0.25, 0.3) is 0 Å². The van der Waals surface area contributed by atoms with Gasteiger partial charge >= 0.3 is 0 Å². The van der Waals surface area contributed by atoms with Gasteiger partial charge in [0.15, 0.2) is 0 Å². The molecule has 1 aliphatic heterocycles. The summed E-state index contributed by atoms with van der Waals surface area (Å²) in [6, 6.07) is 0. The number of carbonyl (C=O) groups is 2. The summed E-state index contributed by atoms with van der Waals surface area (Å²) < 4.78 is 5.12. The monoisotopic (exact) mass is 142 g/mol. The molecule has 0 aliphatic carbocycles. The fourth-order valence-corrected chi connectivity index (χ4v) is 1.10. The largest absolute Gasteiger partial charge is 0.367 e. The van der Waals surface area contributed by atoms with E-state index in [2.05, 4.69) is 0 Å². The Morgan fingerprint density at radius 3 is 2.80 bits per heavy atom. The van der Waals surface area contributed by atoms with E-state index in [1.54, 1.807) is 6.92 Å². The highest BCUT2D eigenvalue weighted by Crippen LogP contribution is 2.13. The lowest BCUT2D eigenvalue weighted by Crippen LogP contribution is -2.32. The molecule has 0 amide bonds. The maximum Gasteiger partial charge on any atom is 0.149 e. The molecule has 10 heavy (non-hydrogen) atoms. The van der Waals surface area contributed by atoms with Gasteiger partial charge in [-0.15, -0.1) is 0 Å². The van der Waals surface area contributed by atoms with Gasteiger partial charge in [0, 0.05) is 12.8 Å². The van der Waals surface area contributed by atoms with Gasteiger partial charge in [0.2, 0.25) is 0 Å². The molecule has 0 aromatic carbocycles. The minimum absolute atomic E-state index is 0.0866. The second-order valence-corrected chi connectivity index (χ2v) is 2.57. The molecule has 2 atom stereocenters. The zero-order valence-electron chi connectivity index (χ0n) is 5.87. The predicted molar refractivity (Wildman–Crippen MR) is 34.6 cm³/mol. The average Bonchev–Trinajstić information content (AvgIpc) is 1.85. The van der Waals surface area contributed by atoms with Crippen molar-refractivity contribution < 1.29 is 14.3 Å². The quantitative estimate of drug-likeness (QED) is 0.495. The normalized spacial score (nSPS) is 33.9. The standard InChI is InChI=1S/C7H10O3/c1-5-2-6(9)3-7(4-8)10-5/h4-5,7H,2-3H2,1H3. The molecule has 56 valence electrons. The van der Waals surface area contributed by atoms with E-state index in [1.165, 1.54) is 0 Å². The van der Waals surface area contributed by atoms with E-state index >= 15 is 0 Å². The molecule has 2 unspecified atom stereocenters. The first-order chi connectivity index (χ1) is 4.72. The van der Waals surface area contributed by atoms with Crippen molar-refractivity contribution in [2.75, 3.05) is 0 Å². The Hall–Kier alpha value is -0.700. The first-order valence-electron chi connectivity index (χ1n) is 3.35. The third kappa shape index (κ3) is 1.64. The lowest BCUT2D eigenvalue weighted by molar-refractivity contribution is -0.140. The van der Waals surface area contributed by atoms with Crippen molar-refractivity contribution in [2.24, 2.45) is 0 Å². The zero-order chi connectivity index (χ0) is 7.56. The van der Waals surface area contributed by atoms with Crippen LogP contribution >= 0.6 is 0 Å². The number of Topliss-reactive ketones (excluding diaryl/α,β-unsaturated/α-hetero) is 1. The van der Waals surface area contributed by atoms with Crippen LogP contribution in [-0.4, -0.2) is 24.3 Å². The molecule has 1 aliphatic rings. The summed E-state index contributed by atoms with van der Waals surface area (Å²) in [6.45, 7) is 1.80. The summed E-state index contributed by atoms with van der Waals surface area (Å²) in [5.74, 6) is 0.121. The third-order valence-corrected chi connectivity index (χ3v) is 1.50. The van der Waals surface area contributed by atoms with Crippen molar-refractivity contribution in [1.82, 2.24) is 0 Å². The highest BCUT2D eigenvalue weighted by Gasteiger charge is 2.24. The van der Waals surface area contributed by atoms with Crippen LogP contribution in [0.2, 0.25) is 0 Å². The number of ether oxygens (including phenoxy) is 1. The number of aldehydes is 1. The van der Waals surface area contributed by atoms with Crippen LogP contribution in [0.1, 0.15) is 19.8 Å². The second-order valence-electron chi connectivity index (χ2n) is 2.57. The molecule has 0 aromatic heterocycles. The molecular formula is C7H10O3. The Balaban J connectivity index is 2.50. The van der Waals surface area contributed by atoms with Crippen LogP contribution in [0.15, 0.2) is 0 Å². The van der Waals surface area contributed by atoms with E-state index in [-0.39, 0.29) is 18.3 Å². The molecule has 3 heteroatoms. The van der Waals surface area contributed by atoms with Gasteiger partial charge in [-0.3, -0.25) is 4.79 Å². The summed E-state index contributed by atoms with van der Waals surface area (Å²) >= 11 is 0. The van der Waals surface area contributed by atoms with Gasteiger partial charge in [-0.25, -0.2) is 0 Å². The van der Waals surface area contributed by atoms with E-state index in [4.69, 9.17) is 4.74 Å². The molecule has 0 aromatic rings. The van der Waals surface area contributed by atoms with Crippen LogP contribution in [0.3, 0.4) is 0 Å². The summed E-state index contributed by atoms with van der Waals surface area (Å²) in [4.78, 5) is 21.0.